The van der Waals surface area contributed by atoms with E-state index in [0.29, 0.717) is 5.95 Å². The molecule has 0 atom stereocenters. The second kappa shape index (κ2) is 6.19. The number of nitrogens with one attached hydrogen (secondary N) is 3. The smallest absolute Gasteiger partial charge is 0.227 e. The van der Waals surface area contributed by atoms with Crippen molar-refractivity contribution in [1.29, 1.82) is 0 Å². The number of anilines is 3. The molecule has 2 aliphatic rings. The molecular formula is C18H21N7OS. The quantitative estimate of drug-likeness (QED) is 0.643. The number of hydrogen-bond donors (Lipinski definition) is 3. The fourth-order valence-corrected chi connectivity index (χ4v) is 4.78. The van der Waals surface area contributed by atoms with Crippen molar-refractivity contribution in [2.75, 3.05) is 29.9 Å². The van der Waals surface area contributed by atoms with E-state index in [1.54, 1.807) is 11.3 Å². The highest BCUT2D eigenvalue weighted by atomic mass is 32.1. The minimum Gasteiger partial charge on any atom is -0.356 e. The molecule has 2 saturated heterocycles. The number of rotatable bonds is 3. The zero-order valence-electron chi connectivity index (χ0n) is 15.1. The summed E-state index contributed by atoms with van der Waals surface area (Å²) >= 11 is 1.61. The molecule has 9 heteroatoms. The molecule has 5 heterocycles. The van der Waals surface area contributed by atoms with Crippen LogP contribution in [0.1, 0.15) is 25.0 Å². The Labute approximate surface area is 160 Å². The van der Waals surface area contributed by atoms with Gasteiger partial charge in [0.1, 0.15) is 0 Å². The first-order valence-corrected chi connectivity index (χ1v) is 10.1. The molecule has 0 aliphatic carbocycles. The van der Waals surface area contributed by atoms with Gasteiger partial charge in [-0.3, -0.25) is 9.89 Å². The number of carbonyl (C=O) groups is 1. The van der Waals surface area contributed by atoms with Crippen molar-refractivity contribution in [3.05, 3.63) is 23.2 Å². The van der Waals surface area contributed by atoms with Crippen molar-refractivity contribution in [3.63, 3.8) is 0 Å². The summed E-state index contributed by atoms with van der Waals surface area (Å²) in [4.78, 5) is 24.0. The SMILES string of the molecule is Cc1cc(Nc2nc(N3CCC4(CCNC4=O)CC3)nc3ccsc23)n[nH]1. The minimum absolute atomic E-state index is 0.184. The molecule has 8 nitrogen and oxygen atoms in total. The van der Waals surface area contributed by atoms with Crippen molar-refractivity contribution in [2.45, 2.75) is 26.2 Å². The molecule has 1 spiro atoms. The second-order valence-electron chi connectivity index (χ2n) is 7.34. The molecule has 0 bridgehead atoms. The van der Waals surface area contributed by atoms with Crippen LogP contribution in [0.3, 0.4) is 0 Å². The fourth-order valence-electron chi connectivity index (χ4n) is 4.01. The fraction of sp³-hybridized carbons (Fsp3) is 0.444. The van der Waals surface area contributed by atoms with E-state index in [1.807, 2.05) is 24.4 Å². The van der Waals surface area contributed by atoms with Gasteiger partial charge >= 0.3 is 0 Å². The zero-order valence-corrected chi connectivity index (χ0v) is 15.9. The zero-order chi connectivity index (χ0) is 18.4. The highest BCUT2D eigenvalue weighted by Gasteiger charge is 2.44. The van der Waals surface area contributed by atoms with Crippen LogP contribution in [0.25, 0.3) is 10.2 Å². The predicted octanol–water partition coefficient (Wildman–Crippen LogP) is 2.57. The number of fused-ring (bicyclic) bond motifs is 1. The molecule has 140 valence electrons. The first-order valence-electron chi connectivity index (χ1n) is 9.21. The molecule has 5 rings (SSSR count). The third-order valence-electron chi connectivity index (χ3n) is 5.62. The number of piperidine rings is 1. The minimum atomic E-state index is -0.184. The van der Waals surface area contributed by atoms with E-state index in [0.717, 1.165) is 66.4 Å². The highest BCUT2D eigenvalue weighted by molar-refractivity contribution is 7.17. The van der Waals surface area contributed by atoms with Crippen molar-refractivity contribution >= 4 is 45.0 Å². The largest absolute Gasteiger partial charge is 0.356 e. The van der Waals surface area contributed by atoms with Crippen LogP contribution in [0.15, 0.2) is 17.5 Å². The van der Waals surface area contributed by atoms with E-state index in [1.165, 1.54) is 0 Å². The van der Waals surface area contributed by atoms with Gasteiger partial charge in [0, 0.05) is 31.4 Å². The Bertz CT molecular complexity index is 1000. The number of aryl methyl sites for hydroxylation is 1. The Balaban J connectivity index is 1.43. The van der Waals surface area contributed by atoms with E-state index in [4.69, 9.17) is 9.97 Å². The maximum atomic E-state index is 12.2. The summed E-state index contributed by atoms with van der Waals surface area (Å²) in [5, 5.41) is 15.5. The number of hydrogen-bond acceptors (Lipinski definition) is 7. The Morgan fingerprint density at radius 2 is 2.11 bits per heavy atom. The number of nitrogens with zero attached hydrogens (tertiary/aromatic N) is 4. The van der Waals surface area contributed by atoms with Gasteiger partial charge in [-0.25, -0.2) is 4.98 Å². The van der Waals surface area contributed by atoms with Crippen molar-refractivity contribution < 1.29 is 4.79 Å². The molecule has 3 aromatic heterocycles. The number of carbonyl (C=O) groups excluding carboxylic acids is 1. The normalized spacial score (nSPS) is 19.0. The number of H-pyrrole nitrogens is 1. The molecule has 0 saturated carbocycles. The monoisotopic (exact) mass is 383 g/mol. The van der Waals surface area contributed by atoms with Gasteiger partial charge in [0.15, 0.2) is 11.6 Å². The van der Waals surface area contributed by atoms with Gasteiger partial charge in [0.05, 0.1) is 15.6 Å². The Kier molecular flexibility index (Phi) is 3.78. The molecule has 1 amide bonds. The highest BCUT2D eigenvalue weighted by Crippen LogP contribution is 2.39. The van der Waals surface area contributed by atoms with Gasteiger partial charge < -0.3 is 15.5 Å². The molecule has 2 aliphatic heterocycles. The van der Waals surface area contributed by atoms with Gasteiger partial charge in [0.2, 0.25) is 11.9 Å². The maximum absolute atomic E-state index is 12.2. The lowest BCUT2D eigenvalue weighted by Gasteiger charge is -2.37. The third kappa shape index (κ3) is 2.82. The molecule has 0 aromatic carbocycles. The van der Waals surface area contributed by atoms with Crippen LogP contribution in [0.2, 0.25) is 0 Å². The van der Waals surface area contributed by atoms with Gasteiger partial charge in [-0.1, -0.05) is 0 Å². The van der Waals surface area contributed by atoms with Gasteiger partial charge in [-0.15, -0.1) is 11.3 Å². The summed E-state index contributed by atoms with van der Waals surface area (Å²) in [6, 6.07) is 3.96. The number of thiophene rings is 1. The van der Waals surface area contributed by atoms with Crippen molar-refractivity contribution in [3.8, 4) is 0 Å². The Hall–Kier alpha value is -2.68. The maximum Gasteiger partial charge on any atom is 0.227 e. The lowest BCUT2D eigenvalue weighted by Crippen LogP contribution is -2.44. The molecular weight excluding hydrogens is 362 g/mol. The lowest BCUT2D eigenvalue weighted by molar-refractivity contribution is -0.128. The molecule has 0 unspecified atom stereocenters. The van der Waals surface area contributed by atoms with E-state index in [9.17, 15) is 4.79 Å². The first kappa shape index (κ1) is 16.5. The molecule has 3 N–H and O–H groups in total. The summed E-state index contributed by atoms with van der Waals surface area (Å²) < 4.78 is 1.02. The molecule has 2 fully saturated rings. The molecule has 0 radical (unpaired) electrons. The molecule has 27 heavy (non-hydrogen) atoms. The summed E-state index contributed by atoms with van der Waals surface area (Å²) in [5.41, 5.74) is 1.74. The van der Waals surface area contributed by atoms with E-state index >= 15 is 0 Å². The summed E-state index contributed by atoms with van der Waals surface area (Å²) in [5.74, 6) is 2.44. The van der Waals surface area contributed by atoms with Crippen LogP contribution in [-0.2, 0) is 4.79 Å². The average molecular weight is 383 g/mol. The number of aromatic nitrogens is 4. The van der Waals surface area contributed by atoms with E-state index in [2.05, 4.69) is 25.7 Å². The van der Waals surface area contributed by atoms with Crippen LogP contribution >= 0.6 is 11.3 Å². The topological polar surface area (TPSA) is 98.8 Å². The summed E-state index contributed by atoms with van der Waals surface area (Å²) in [7, 11) is 0. The van der Waals surface area contributed by atoms with Crippen LogP contribution in [0, 0.1) is 12.3 Å². The van der Waals surface area contributed by atoms with E-state index in [-0.39, 0.29) is 11.3 Å². The van der Waals surface area contributed by atoms with Gasteiger partial charge in [-0.2, -0.15) is 10.1 Å². The average Bonchev–Trinajstić information content (AvgIpc) is 3.38. The van der Waals surface area contributed by atoms with Crippen molar-refractivity contribution in [1.82, 2.24) is 25.5 Å². The second-order valence-corrected chi connectivity index (χ2v) is 8.26. The first-order chi connectivity index (χ1) is 13.1. The van der Waals surface area contributed by atoms with Crippen LogP contribution in [-0.4, -0.2) is 45.7 Å². The van der Waals surface area contributed by atoms with Gasteiger partial charge in [0.25, 0.3) is 0 Å². The molecule has 3 aromatic rings. The van der Waals surface area contributed by atoms with Crippen LogP contribution in [0.5, 0.6) is 0 Å². The number of aromatic amines is 1. The summed E-state index contributed by atoms with van der Waals surface area (Å²) in [6.45, 7) is 4.36. The third-order valence-corrected chi connectivity index (χ3v) is 6.53. The van der Waals surface area contributed by atoms with Gasteiger partial charge in [-0.05, 0) is 37.6 Å². The number of amides is 1. The standard InChI is InChI=1S/C18H21N7OS/c1-11-10-13(24-23-11)21-15-14-12(2-9-27-14)20-17(22-15)25-7-4-18(5-8-25)3-6-19-16(18)26/h2,9-10H,3-8H2,1H3,(H,19,26)(H2,20,21,22,23,24). The van der Waals surface area contributed by atoms with Crippen LogP contribution in [0.4, 0.5) is 17.6 Å². The van der Waals surface area contributed by atoms with Crippen LogP contribution < -0.4 is 15.5 Å². The lowest BCUT2D eigenvalue weighted by atomic mass is 9.77. The Morgan fingerprint density at radius 3 is 2.81 bits per heavy atom. The Morgan fingerprint density at radius 1 is 1.26 bits per heavy atom. The summed E-state index contributed by atoms with van der Waals surface area (Å²) in [6.07, 6.45) is 2.64. The predicted molar refractivity (Wildman–Crippen MR) is 106 cm³/mol. The van der Waals surface area contributed by atoms with E-state index < -0.39 is 0 Å². The van der Waals surface area contributed by atoms with Crippen molar-refractivity contribution in [2.24, 2.45) is 5.41 Å².